The number of imidazole rings is 1. The van der Waals surface area contributed by atoms with Gasteiger partial charge in [-0.05, 0) is 12.8 Å². The van der Waals surface area contributed by atoms with Gasteiger partial charge in [-0.1, -0.05) is 0 Å². The molecule has 1 aromatic heterocycles. The van der Waals surface area contributed by atoms with Crippen LogP contribution in [-0.4, -0.2) is 38.6 Å². The molecule has 1 atom stereocenters. The number of hydrogen-bond acceptors (Lipinski definition) is 3. The Morgan fingerprint density at radius 3 is 2.82 bits per heavy atom. The van der Waals surface area contributed by atoms with E-state index in [0.29, 0.717) is 25.2 Å². The quantitative estimate of drug-likeness (QED) is 0.779. The Kier molecular flexibility index (Phi) is 3.19. The summed E-state index contributed by atoms with van der Waals surface area (Å²) < 4.78 is 1.85. The van der Waals surface area contributed by atoms with Crippen molar-refractivity contribution in [3.05, 3.63) is 18.2 Å². The molecule has 5 heteroatoms. The van der Waals surface area contributed by atoms with Gasteiger partial charge < -0.3 is 14.6 Å². The lowest BCUT2D eigenvalue weighted by atomic mass is 9.94. The van der Waals surface area contributed by atoms with Gasteiger partial charge in [0, 0.05) is 45.9 Å². The van der Waals surface area contributed by atoms with E-state index >= 15 is 0 Å². The van der Waals surface area contributed by atoms with Crippen molar-refractivity contribution in [1.29, 1.82) is 0 Å². The Morgan fingerprint density at radius 1 is 1.47 bits per heavy atom. The van der Waals surface area contributed by atoms with E-state index in [1.807, 2.05) is 17.8 Å². The van der Waals surface area contributed by atoms with Crippen molar-refractivity contribution in [3.8, 4) is 0 Å². The van der Waals surface area contributed by atoms with Gasteiger partial charge in [-0.2, -0.15) is 0 Å². The second-order valence-electron chi connectivity index (χ2n) is 4.75. The zero-order valence-electron chi connectivity index (χ0n) is 10.4. The third-order valence-electron chi connectivity index (χ3n) is 3.50. The Morgan fingerprint density at radius 2 is 2.24 bits per heavy atom. The summed E-state index contributed by atoms with van der Waals surface area (Å²) in [7, 11) is 1.88. The van der Waals surface area contributed by atoms with Crippen molar-refractivity contribution in [2.24, 2.45) is 7.05 Å². The van der Waals surface area contributed by atoms with Crippen LogP contribution in [0.25, 0.3) is 0 Å². The predicted molar refractivity (Wildman–Crippen MR) is 63.2 cm³/mol. The zero-order valence-corrected chi connectivity index (χ0v) is 10.4. The summed E-state index contributed by atoms with van der Waals surface area (Å²) in [6.45, 7) is 2.89. The summed E-state index contributed by atoms with van der Waals surface area (Å²) in [5.41, 5.74) is -0.900. The van der Waals surface area contributed by atoms with Gasteiger partial charge in [-0.15, -0.1) is 0 Å². The van der Waals surface area contributed by atoms with Crippen LogP contribution in [0.1, 0.15) is 32.0 Å². The Bertz CT molecular complexity index is 416. The number of carbonyl (C=O) groups excluding carboxylic acids is 1. The number of nitrogens with zero attached hydrogens (tertiary/aromatic N) is 3. The summed E-state index contributed by atoms with van der Waals surface area (Å²) in [5.74, 6) is 0.775. The molecule has 2 rings (SSSR count). The van der Waals surface area contributed by atoms with Crippen molar-refractivity contribution in [2.75, 3.05) is 13.1 Å². The molecule has 1 saturated heterocycles. The SMILES string of the molecule is CC(=O)N1CCC[C@@](O)(c2nccn2C)CC1. The molecule has 0 aromatic carbocycles. The molecule has 0 unspecified atom stereocenters. The maximum absolute atomic E-state index is 11.3. The summed E-state index contributed by atoms with van der Waals surface area (Å²) in [6, 6.07) is 0. The van der Waals surface area contributed by atoms with Crippen LogP contribution in [0.2, 0.25) is 0 Å². The summed E-state index contributed by atoms with van der Waals surface area (Å²) >= 11 is 0. The smallest absolute Gasteiger partial charge is 0.219 e. The summed E-state index contributed by atoms with van der Waals surface area (Å²) in [5, 5.41) is 10.7. The van der Waals surface area contributed by atoms with Gasteiger partial charge in [0.15, 0.2) is 0 Å². The van der Waals surface area contributed by atoms with Crippen molar-refractivity contribution in [3.63, 3.8) is 0 Å². The molecule has 1 N–H and O–H groups in total. The number of aliphatic hydroxyl groups is 1. The molecule has 1 aliphatic heterocycles. The average molecular weight is 237 g/mol. The molecule has 94 valence electrons. The van der Waals surface area contributed by atoms with Crippen LogP contribution in [0.3, 0.4) is 0 Å². The van der Waals surface area contributed by atoms with E-state index in [-0.39, 0.29) is 5.91 Å². The fourth-order valence-corrected chi connectivity index (χ4v) is 2.47. The van der Waals surface area contributed by atoms with Crippen LogP contribution in [0.5, 0.6) is 0 Å². The number of carbonyl (C=O) groups is 1. The minimum absolute atomic E-state index is 0.0779. The summed E-state index contributed by atoms with van der Waals surface area (Å²) in [6.07, 6.45) is 5.55. The van der Waals surface area contributed by atoms with Crippen LogP contribution in [0.15, 0.2) is 12.4 Å². The molecule has 1 amide bonds. The molecular formula is C12H19N3O2. The van der Waals surface area contributed by atoms with Gasteiger partial charge in [0.1, 0.15) is 11.4 Å². The minimum atomic E-state index is -0.900. The maximum atomic E-state index is 11.3. The highest BCUT2D eigenvalue weighted by Crippen LogP contribution is 2.31. The molecule has 1 fully saturated rings. The van der Waals surface area contributed by atoms with E-state index < -0.39 is 5.60 Å². The number of aryl methyl sites for hydroxylation is 1. The third-order valence-corrected chi connectivity index (χ3v) is 3.50. The van der Waals surface area contributed by atoms with E-state index in [9.17, 15) is 9.90 Å². The Labute approximate surface area is 101 Å². The minimum Gasteiger partial charge on any atom is -0.382 e. The van der Waals surface area contributed by atoms with E-state index in [4.69, 9.17) is 0 Å². The molecule has 1 aliphatic rings. The third kappa shape index (κ3) is 2.34. The zero-order chi connectivity index (χ0) is 12.5. The monoisotopic (exact) mass is 237 g/mol. The number of hydrogen-bond donors (Lipinski definition) is 1. The fourth-order valence-electron chi connectivity index (χ4n) is 2.47. The largest absolute Gasteiger partial charge is 0.382 e. The second kappa shape index (κ2) is 4.49. The van der Waals surface area contributed by atoms with Gasteiger partial charge in [-0.25, -0.2) is 4.98 Å². The first-order valence-electron chi connectivity index (χ1n) is 5.99. The van der Waals surface area contributed by atoms with Gasteiger partial charge in [0.2, 0.25) is 5.91 Å². The lowest BCUT2D eigenvalue weighted by Crippen LogP contribution is -2.33. The molecular weight excluding hydrogens is 218 g/mol. The molecule has 17 heavy (non-hydrogen) atoms. The van der Waals surface area contributed by atoms with Crippen molar-refractivity contribution < 1.29 is 9.90 Å². The first kappa shape index (κ1) is 12.1. The molecule has 2 heterocycles. The fraction of sp³-hybridized carbons (Fsp3) is 0.667. The number of amides is 1. The van der Waals surface area contributed by atoms with Crippen LogP contribution in [0, 0.1) is 0 Å². The van der Waals surface area contributed by atoms with Crippen LogP contribution >= 0.6 is 0 Å². The maximum Gasteiger partial charge on any atom is 0.219 e. The molecule has 0 bridgehead atoms. The van der Waals surface area contributed by atoms with Crippen molar-refractivity contribution in [1.82, 2.24) is 14.5 Å². The topological polar surface area (TPSA) is 58.4 Å². The number of likely N-dealkylation sites (tertiary alicyclic amines) is 1. The highest BCUT2D eigenvalue weighted by molar-refractivity contribution is 5.73. The first-order chi connectivity index (χ1) is 8.03. The number of aromatic nitrogens is 2. The summed E-state index contributed by atoms with van der Waals surface area (Å²) in [4.78, 5) is 17.4. The molecule has 0 radical (unpaired) electrons. The highest BCUT2D eigenvalue weighted by atomic mass is 16.3. The molecule has 0 spiro atoms. The molecule has 0 saturated carbocycles. The Balaban J connectivity index is 2.17. The predicted octanol–water partition coefficient (Wildman–Crippen LogP) is 0.640. The second-order valence-corrected chi connectivity index (χ2v) is 4.75. The molecule has 1 aromatic rings. The Hall–Kier alpha value is -1.36. The normalized spacial score (nSPS) is 25.7. The average Bonchev–Trinajstić information content (AvgIpc) is 2.59. The van der Waals surface area contributed by atoms with Crippen molar-refractivity contribution in [2.45, 2.75) is 31.8 Å². The van der Waals surface area contributed by atoms with Crippen LogP contribution < -0.4 is 0 Å². The highest BCUT2D eigenvalue weighted by Gasteiger charge is 2.35. The van der Waals surface area contributed by atoms with Crippen LogP contribution in [-0.2, 0) is 17.4 Å². The van der Waals surface area contributed by atoms with Gasteiger partial charge >= 0.3 is 0 Å². The van der Waals surface area contributed by atoms with Crippen LogP contribution in [0.4, 0.5) is 0 Å². The number of rotatable bonds is 1. The first-order valence-corrected chi connectivity index (χ1v) is 5.99. The van der Waals surface area contributed by atoms with Gasteiger partial charge in [0.25, 0.3) is 0 Å². The van der Waals surface area contributed by atoms with Gasteiger partial charge in [-0.3, -0.25) is 4.79 Å². The molecule has 5 nitrogen and oxygen atoms in total. The van der Waals surface area contributed by atoms with Crippen molar-refractivity contribution >= 4 is 5.91 Å². The van der Waals surface area contributed by atoms with Gasteiger partial charge in [0.05, 0.1) is 0 Å². The van der Waals surface area contributed by atoms with E-state index in [2.05, 4.69) is 4.98 Å². The lowest BCUT2D eigenvalue weighted by molar-refractivity contribution is -0.128. The lowest BCUT2D eigenvalue weighted by Gasteiger charge is -2.26. The standard InChI is InChI=1S/C12H19N3O2/c1-10(16)15-7-3-4-12(17,5-8-15)11-13-6-9-14(11)2/h6,9,17H,3-5,7-8H2,1-2H3/t12-/m0/s1. The van der Waals surface area contributed by atoms with E-state index in [1.54, 1.807) is 18.0 Å². The van der Waals surface area contributed by atoms with E-state index in [0.717, 1.165) is 13.0 Å². The molecule has 0 aliphatic carbocycles. The van der Waals surface area contributed by atoms with E-state index in [1.165, 1.54) is 0 Å².